The summed E-state index contributed by atoms with van der Waals surface area (Å²) >= 11 is 0. The minimum absolute atomic E-state index is 0.174. The van der Waals surface area contributed by atoms with E-state index in [0.717, 1.165) is 18.8 Å². The SMILES string of the molecule is CCOC(C)(CC)C(NC)c1ccc(OC)cc1. The molecule has 0 fully saturated rings. The normalized spacial score (nSPS) is 16.1. The molecule has 3 nitrogen and oxygen atoms in total. The molecule has 2 unspecified atom stereocenters. The Bertz CT molecular complexity index is 350. The summed E-state index contributed by atoms with van der Waals surface area (Å²) in [4.78, 5) is 0. The number of nitrogens with one attached hydrogen (secondary N) is 1. The molecule has 18 heavy (non-hydrogen) atoms. The maximum absolute atomic E-state index is 5.95. The number of ether oxygens (including phenoxy) is 2. The van der Waals surface area contributed by atoms with Crippen LogP contribution in [0.25, 0.3) is 0 Å². The molecule has 1 rings (SSSR count). The van der Waals surface area contributed by atoms with Gasteiger partial charge in [0.05, 0.1) is 18.8 Å². The maximum atomic E-state index is 5.95. The Balaban J connectivity index is 2.99. The second-order valence-corrected chi connectivity index (χ2v) is 4.59. The van der Waals surface area contributed by atoms with Crippen LogP contribution in [0.3, 0.4) is 0 Å². The lowest BCUT2D eigenvalue weighted by atomic mass is 9.87. The second-order valence-electron chi connectivity index (χ2n) is 4.59. The van der Waals surface area contributed by atoms with Gasteiger partial charge in [-0.25, -0.2) is 0 Å². The Morgan fingerprint density at radius 3 is 2.22 bits per heavy atom. The molecule has 0 bridgehead atoms. The molecule has 1 N–H and O–H groups in total. The van der Waals surface area contributed by atoms with Gasteiger partial charge in [0.15, 0.2) is 0 Å². The molecule has 102 valence electrons. The molecule has 0 amide bonds. The zero-order valence-corrected chi connectivity index (χ0v) is 12.1. The fourth-order valence-electron chi connectivity index (χ4n) is 2.34. The van der Waals surface area contributed by atoms with E-state index in [9.17, 15) is 0 Å². The standard InChI is InChI=1S/C15H25NO2/c1-6-15(3,18-7-2)14(16-4)12-8-10-13(17-5)11-9-12/h8-11,14,16H,6-7H2,1-5H3. The highest BCUT2D eigenvalue weighted by Crippen LogP contribution is 2.32. The summed E-state index contributed by atoms with van der Waals surface area (Å²) in [7, 11) is 3.66. The van der Waals surface area contributed by atoms with Crippen LogP contribution in [-0.2, 0) is 4.74 Å². The molecule has 0 heterocycles. The Kier molecular flexibility index (Phi) is 5.63. The first-order chi connectivity index (χ1) is 8.61. The van der Waals surface area contributed by atoms with Gasteiger partial charge in [-0.2, -0.15) is 0 Å². The molecule has 0 aromatic heterocycles. The number of likely N-dealkylation sites (N-methyl/N-ethyl adjacent to an activating group) is 1. The van der Waals surface area contributed by atoms with Crippen molar-refractivity contribution < 1.29 is 9.47 Å². The van der Waals surface area contributed by atoms with Gasteiger partial charge in [-0.1, -0.05) is 19.1 Å². The molecular weight excluding hydrogens is 226 g/mol. The molecule has 1 aromatic carbocycles. The van der Waals surface area contributed by atoms with Crippen molar-refractivity contribution in [2.75, 3.05) is 20.8 Å². The van der Waals surface area contributed by atoms with Gasteiger partial charge < -0.3 is 14.8 Å². The lowest BCUT2D eigenvalue weighted by Crippen LogP contribution is -2.42. The average molecular weight is 251 g/mol. The Labute approximate surface area is 110 Å². The number of methoxy groups -OCH3 is 1. The van der Waals surface area contributed by atoms with Gasteiger partial charge in [0.25, 0.3) is 0 Å². The van der Waals surface area contributed by atoms with E-state index in [0.29, 0.717) is 0 Å². The molecule has 3 heteroatoms. The van der Waals surface area contributed by atoms with Crippen LogP contribution in [0.1, 0.15) is 38.8 Å². The van der Waals surface area contributed by atoms with E-state index in [1.165, 1.54) is 5.56 Å². The lowest BCUT2D eigenvalue weighted by Gasteiger charge is -2.37. The molecule has 0 saturated carbocycles. The minimum Gasteiger partial charge on any atom is -0.497 e. The largest absolute Gasteiger partial charge is 0.497 e. The van der Waals surface area contributed by atoms with Gasteiger partial charge in [-0.05, 0) is 45.0 Å². The van der Waals surface area contributed by atoms with Gasteiger partial charge in [0.1, 0.15) is 5.75 Å². The van der Waals surface area contributed by atoms with Crippen molar-refractivity contribution in [2.24, 2.45) is 0 Å². The molecule has 0 aliphatic heterocycles. The molecule has 0 radical (unpaired) electrons. The highest BCUT2D eigenvalue weighted by molar-refractivity contribution is 5.30. The summed E-state index contributed by atoms with van der Waals surface area (Å²) in [5.41, 5.74) is 1.02. The fourth-order valence-corrected chi connectivity index (χ4v) is 2.34. The van der Waals surface area contributed by atoms with Crippen LogP contribution in [-0.4, -0.2) is 26.4 Å². The number of benzene rings is 1. The molecular formula is C15H25NO2. The van der Waals surface area contributed by atoms with Crippen molar-refractivity contribution in [3.8, 4) is 5.75 Å². The minimum atomic E-state index is -0.196. The van der Waals surface area contributed by atoms with Crippen molar-refractivity contribution >= 4 is 0 Å². The van der Waals surface area contributed by atoms with Gasteiger partial charge in [-0.15, -0.1) is 0 Å². The maximum Gasteiger partial charge on any atom is 0.118 e. The third-order valence-corrected chi connectivity index (χ3v) is 3.52. The predicted octanol–water partition coefficient (Wildman–Crippen LogP) is 3.16. The summed E-state index contributed by atoms with van der Waals surface area (Å²) in [5.74, 6) is 0.878. The molecule has 0 aliphatic rings. The summed E-state index contributed by atoms with van der Waals surface area (Å²) in [6.45, 7) is 7.07. The van der Waals surface area contributed by atoms with Gasteiger partial charge in [-0.3, -0.25) is 0 Å². The zero-order chi connectivity index (χ0) is 13.6. The molecule has 0 spiro atoms. The quantitative estimate of drug-likeness (QED) is 0.807. The number of hydrogen-bond acceptors (Lipinski definition) is 3. The number of hydrogen-bond donors (Lipinski definition) is 1. The molecule has 1 aromatic rings. The first-order valence-electron chi connectivity index (χ1n) is 6.56. The van der Waals surface area contributed by atoms with E-state index in [-0.39, 0.29) is 11.6 Å². The van der Waals surface area contributed by atoms with Crippen LogP contribution < -0.4 is 10.1 Å². The third-order valence-electron chi connectivity index (χ3n) is 3.52. The smallest absolute Gasteiger partial charge is 0.118 e. The van der Waals surface area contributed by atoms with Crippen molar-refractivity contribution in [1.82, 2.24) is 5.32 Å². The lowest BCUT2D eigenvalue weighted by molar-refractivity contribution is -0.0547. The Hall–Kier alpha value is -1.06. The van der Waals surface area contributed by atoms with Crippen LogP contribution in [0, 0.1) is 0 Å². The van der Waals surface area contributed by atoms with Crippen LogP contribution in [0.4, 0.5) is 0 Å². The van der Waals surface area contributed by atoms with Crippen molar-refractivity contribution in [3.05, 3.63) is 29.8 Å². The van der Waals surface area contributed by atoms with Crippen LogP contribution in [0.15, 0.2) is 24.3 Å². The van der Waals surface area contributed by atoms with Crippen LogP contribution in [0.5, 0.6) is 5.75 Å². The highest BCUT2D eigenvalue weighted by atomic mass is 16.5. The van der Waals surface area contributed by atoms with Gasteiger partial charge in [0.2, 0.25) is 0 Å². The summed E-state index contributed by atoms with van der Waals surface area (Å²) < 4.78 is 11.1. The fraction of sp³-hybridized carbons (Fsp3) is 0.600. The molecule has 2 atom stereocenters. The average Bonchev–Trinajstić information content (AvgIpc) is 2.40. The first kappa shape index (κ1) is 15.0. The van der Waals surface area contributed by atoms with Crippen molar-refractivity contribution in [2.45, 2.75) is 38.8 Å². The van der Waals surface area contributed by atoms with E-state index < -0.39 is 0 Å². The summed E-state index contributed by atoms with van der Waals surface area (Å²) in [5, 5.41) is 3.37. The topological polar surface area (TPSA) is 30.5 Å². The Morgan fingerprint density at radius 1 is 1.22 bits per heavy atom. The molecule has 0 saturated heterocycles. The number of rotatable bonds is 7. The van der Waals surface area contributed by atoms with E-state index in [1.807, 2.05) is 26.1 Å². The van der Waals surface area contributed by atoms with E-state index in [4.69, 9.17) is 9.47 Å². The van der Waals surface area contributed by atoms with E-state index in [2.05, 4.69) is 31.3 Å². The predicted molar refractivity (Wildman–Crippen MR) is 75.1 cm³/mol. The molecule has 0 aliphatic carbocycles. The van der Waals surface area contributed by atoms with Crippen LogP contribution in [0.2, 0.25) is 0 Å². The first-order valence-corrected chi connectivity index (χ1v) is 6.56. The van der Waals surface area contributed by atoms with Crippen molar-refractivity contribution in [3.63, 3.8) is 0 Å². The summed E-state index contributed by atoms with van der Waals surface area (Å²) in [6.07, 6.45) is 0.957. The highest BCUT2D eigenvalue weighted by Gasteiger charge is 2.33. The van der Waals surface area contributed by atoms with Crippen molar-refractivity contribution in [1.29, 1.82) is 0 Å². The van der Waals surface area contributed by atoms with Gasteiger partial charge >= 0.3 is 0 Å². The monoisotopic (exact) mass is 251 g/mol. The second kappa shape index (κ2) is 6.76. The summed E-state index contributed by atoms with van der Waals surface area (Å²) in [6, 6.07) is 8.33. The van der Waals surface area contributed by atoms with E-state index >= 15 is 0 Å². The van der Waals surface area contributed by atoms with Gasteiger partial charge in [0, 0.05) is 6.61 Å². The zero-order valence-electron chi connectivity index (χ0n) is 12.1. The Morgan fingerprint density at radius 2 is 1.83 bits per heavy atom. The third kappa shape index (κ3) is 3.24. The van der Waals surface area contributed by atoms with E-state index in [1.54, 1.807) is 7.11 Å². The van der Waals surface area contributed by atoms with Crippen LogP contribution >= 0.6 is 0 Å².